The van der Waals surface area contributed by atoms with E-state index in [0.29, 0.717) is 29.6 Å². The standard InChI is InChI=1S/C21H24N4O3/c1-2-19(27-12-1)21-24-23-20(28-21)15-3-5-18(6-4-15)25-10-7-16(8-11-25)22-17-9-13-26-14-17/h1-6,12,16-17,22H,7-11,13-14H2/t17-/m1/s1. The molecule has 0 aliphatic carbocycles. The molecule has 2 aliphatic rings. The molecule has 1 atom stereocenters. The van der Waals surface area contributed by atoms with Crippen LogP contribution >= 0.6 is 0 Å². The topological polar surface area (TPSA) is 76.6 Å². The summed E-state index contributed by atoms with van der Waals surface area (Å²) in [7, 11) is 0. The molecule has 0 radical (unpaired) electrons. The van der Waals surface area contributed by atoms with Crippen LogP contribution in [0, 0.1) is 0 Å². The lowest BCUT2D eigenvalue weighted by molar-refractivity contribution is 0.186. The third-order valence-electron chi connectivity index (χ3n) is 5.53. The Bertz CT molecular complexity index is 877. The maximum Gasteiger partial charge on any atom is 0.283 e. The number of hydrogen-bond acceptors (Lipinski definition) is 7. The Labute approximate surface area is 163 Å². The predicted octanol–water partition coefficient (Wildman–Crippen LogP) is 3.34. The molecule has 1 aromatic carbocycles. The SMILES string of the molecule is c1coc(-c2nnc(-c3ccc(N4CCC(N[C@@H]5CCOC5)CC4)cc3)o2)c1. The highest BCUT2D eigenvalue weighted by Gasteiger charge is 2.24. The normalized spacial score (nSPS) is 20.7. The second kappa shape index (κ2) is 7.77. The van der Waals surface area contributed by atoms with E-state index in [1.54, 1.807) is 18.4 Å². The van der Waals surface area contributed by atoms with Gasteiger partial charge in [-0.2, -0.15) is 0 Å². The van der Waals surface area contributed by atoms with Gasteiger partial charge in [0, 0.05) is 43.0 Å². The van der Waals surface area contributed by atoms with Gasteiger partial charge in [-0.05, 0) is 55.7 Å². The molecular formula is C21H24N4O3. The van der Waals surface area contributed by atoms with Crippen molar-refractivity contribution in [3.05, 3.63) is 42.7 Å². The van der Waals surface area contributed by atoms with Crippen LogP contribution < -0.4 is 10.2 Å². The van der Waals surface area contributed by atoms with Crippen LogP contribution in [0.4, 0.5) is 5.69 Å². The molecule has 1 N–H and O–H groups in total. The summed E-state index contributed by atoms with van der Waals surface area (Å²) >= 11 is 0. The van der Waals surface area contributed by atoms with Gasteiger partial charge in [0.25, 0.3) is 5.89 Å². The van der Waals surface area contributed by atoms with Crippen LogP contribution in [0.15, 0.2) is 51.5 Å². The molecule has 0 amide bonds. The second-order valence-corrected chi connectivity index (χ2v) is 7.43. The van der Waals surface area contributed by atoms with Gasteiger partial charge in [-0.1, -0.05) is 0 Å². The lowest BCUT2D eigenvalue weighted by atomic mass is 10.0. The molecule has 2 fully saturated rings. The van der Waals surface area contributed by atoms with Crippen molar-refractivity contribution >= 4 is 5.69 Å². The molecule has 5 rings (SSSR count). The zero-order chi connectivity index (χ0) is 18.8. The molecule has 7 nitrogen and oxygen atoms in total. The van der Waals surface area contributed by atoms with Gasteiger partial charge in [-0.25, -0.2) is 0 Å². The van der Waals surface area contributed by atoms with E-state index in [9.17, 15) is 0 Å². The Morgan fingerprint density at radius 3 is 2.46 bits per heavy atom. The van der Waals surface area contributed by atoms with Gasteiger partial charge >= 0.3 is 0 Å². The average molecular weight is 380 g/mol. The molecular weight excluding hydrogens is 356 g/mol. The summed E-state index contributed by atoms with van der Waals surface area (Å²) in [6.45, 7) is 3.88. The van der Waals surface area contributed by atoms with Crippen LogP contribution in [0.3, 0.4) is 0 Å². The van der Waals surface area contributed by atoms with E-state index >= 15 is 0 Å². The predicted molar refractivity (Wildman–Crippen MR) is 105 cm³/mol. The summed E-state index contributed by atoms with van der Waals surface area (Å²) in [5.74, 6) is 1.47. The number of furan rings is 1. The monoisotopic (exact) mass is 380 g/mol. The van der Waals surface area contributed by atoms with Crippen LogP contribution in [0.25, 0.3) is 23.1 Å². The Balaban J connectivity index is 1.20. The van der Waals surface area contributed by atoms with E-state index in [1.165, 1.54) is 5.69 Å². The fourth-order valence-electron chi connectivity index (χ4n) is 3.96. The molecule has 2 saturated heterocycles. The number of piperidine rings is 1. The van der Waals surface area contributed by atoms with Gasteiger partial charge in [-0.15, -0.1) is 10.2 Å². The van der Waals surface area contributed by atoms with Gasteiger partial charge in [0.15, 0.2) is 5.76 Å². The van der Waals surface area contributed by atoms with E-state index in [0.717, 1.165) is 51.1 Å². The second-order valence-electron chi connectivity index (χ2n) is 7.43. The molecule has 0 unspecified atom stereocenters. The number of anilines is 1. The van der Waals surface area contributed by atoms with Crippen LogP contribution in [0.1, 0.15) is 19.3 Å². The van der Waals surface area contributed by atoms with Gasteiger partial charge < -0.3 is 23.8 Å². The molecule has 0 bridgehead atoms. The summed E-state index contributed by atoms with van der Waals surface area (Å²) in [5.41, 5.74) is 2.14. The summed E-state index contributed by atoms with van der Waals surface area (Å²) in [5, 5.41) is 11.9. The Morgan fingerprint density at radius 2 is 1.75 bits per heavy atom. The first-order chi connectivity index (χ1) is 13.8. The number of rotatable bonds is 5. The molecule has 2 aliphatic heterocycles. The van der Waals surface area contributed by atoms with Gasteiger partial charge in [0.1, 0.15) is 0 Å². The van der Waals surface area contributed by atoms with E-state index in [4.69, 9.17) is 13.6 Å². The number of nitrogens with one attached hydrogen (secondary N) is 1. The number of ether oxygens (including phenoxy) is 1. The third kappa shape index (κ3) is 3.68. The van der Waals surface area contributed by atoms with Crippen molar-refractivity contribution in [2.24, 2.45) is 0 Å². The molecule has 4 heterocycles. The average Bonchev–Trinajstić information content (AvgIpc) is 3.50. The molecule has 3 aromatic rings. The quantitative estimate of drug-likeness (QED) is 0.727. The van der Waals surface area contributed by atoms with E-state index in [2.05, 4.69) is 32.5 Å². The highest BCUT2D eigenvalue weighted by molar-refractivity contribution is 5.60. The fourth-order valence-corrected chi connectivity index (χ4v) is 3.96. The van der Waals surface area contributed by atoms with Gasteiger partial charge in [-0.3, -0.25) is 0 Å². The molecule has 2 aromatic heterocycles. The Kier molecular flexibility index (Phi) is 4.85. The number of benzene rings is 1. The van der Waals surface area contributed by atoms with E-state index in [-0.39, 0.29) is 0 Å². The first-order valence-electron chi connectivity index (χ1n) is 9.92. The van der Waals surface area contributed by atoms with Crippen LogP contribution in [-0.2, 0) is 4.74 Å². The van der Waals surface area contributed by atoms with Crippen molar-refractivity contribution in [1.29, 1.82) is 0 Å². The molecule has 0 saturated carbocycles. The minimum absolute atomic E-state index is 0.395. The van der Waals surface area contributed by atoms with Crippen LogP contribution in [0.5, 0.6) is 0 Å². The van der Waals surface area contributed by atoms with Crippen molar-refractivity contribution in [2.45, 2.75) is 31.3 Å². The van der Waals surface area contributed by atoms with E-state index < -0.39 is 0 Å². The smallest absolute Gasteiger partial charge is 0.283 e. The maximum atomic E-state index is 5.73. The maximum absolute atomic E-state index is 5.73. The zero-order valence-electron chi connectivity index (χ0n) is 15.7. The molecule has 28 heavy (non-hydrogen) atoms. The van der Waals surface area contributed by atoms with Crippen molar-refractivity contribution < 1.29 is 13.6 Å². The first-order valence-corrected chi connectivity index (χ1v) is 9.92. The Hall–Kier alpha value is -2.64. The number of aromatic nitrogens is 2. The summed E-state index contributed by atoms with van der Waals surface area (Å²) in [6.07, 6.45) is 5.05. The number of hydrogen-bond donors (Lipinski definition) is 1. The highest BCUT2D eigenvalue weighted by Crippen LogP contribution is 2.27. The summed E-state index contributed by atoms with van der Waals surface area (Å²) < 4.78 is 16.5. The van der Waals surface area contributed by atoms with E-state index in [1.807, 2.05) is 12.1 Å². The summed E-state index contributed by atoms with van der Waals surface area (Å²) in [6, 6.07) is 13.1. The van der Waals surface area contributed by atoms with Gasteiger partial charge in [0.05, 0.1) is 12.9 Å². The molecule has 7 heteroatoms. The first kappa shape index (κ1) is 17.5. The lowest BCUT2D eigenvalue weighted by Crippen LogP contribution is -2.46. The highest BCUT2D eigenvalue weighted by atomic mass is 16.5. The number of nitrogens with zero attached hydrogens (tertiary/aromatic N) is 3. The minimum atomic E-state index is 0.395. The van der Waals surface area contributed by atoms with Crippen molar-refractivity contribution in [1.82, 2.24) is 15.5 Å². The van der Waals surface area contributed by atoms with Crippen molar-refractivity contribution in [3.63, 3.8) is 0 Å². The molecule has 146 valence electrons. The minimum Gasteiger partial charge on any atom is -0.459 e. The Morgan fingerprint density at radius 1 is 0.929 bits per heavy atom. The van der Waals surface area contributed by atoms with Crippen molar-refractivity contribution in [3.8, 4) is 23.1 Å². The van der Waals surface area contributed by atoms with Crippen LogP contribution in [0.2, 0.25) is 0 Å². The van der Waals surface area contributed by atoms with Crippen LogP contribution in [-0.4, -0.2) is 48.6 Å². The largest absolute Gasteiger partial charge is 0.459 e. The third-order valence-corrected chi connectivity index (χ3v) is 5.53. The summed E-state index contributed by atoms with van der Waals surface area (Å²) in [4.78, 5) is 2.44. The zero-order valence-corrected chi connectivity index (χ0v) is 15.7. The van der Waals surface area contributed by atoms with Crippen molar-refractivity contribution in [2.75, 3.05) is 31.2 Å². The molecule has 0 spiro atoms. The fraction of sp³-hybridized carbons (Fsp3) is 0.429. The van der Waals surface area contributed by atoms with Gasteiger partial charge in [0.2, 0.25) is 5.89 Å². The lowest BCUT2D eigenvalue weighted by Gasteiger charge is -2.35.